The smallest absolute Gasteiger partial charge is 0.259 e. The molecule has 3 aromatic carbocycles. The maximum absolute atomic E-state index is 14.4. The predicted molar refractivity (Wildman–Crippen MR) is 164 cm³/mol. The summed E-state index contributed by atoms with van der Waals surface area (Å²) >= 11 is 2.18. The van der Waals surface area contributed by atoms with Crippen molar-refractivity contribution in [3.63, 3.8) is 0 Å². The van der Waals surface area contributed by atoms with Gasteiger partial charge < -0.3 is 23.8 Å². The van der Waals surface area contributed by atoms with Crippen LogP contribution in [0.1, 0.15) is 29.8 Å². The summed E-state index contributed by atoms with van der Waals surface area (Å²) in [5.41, 5.74) is 3.24. The topological polar surface area (TPSA) is 73.4 Å². The van der Waals surface area contributed by atoms with Gasteiger partial charge in [0.1, 0.15) is 0 Å². The van der Waals surface area contributed by atoms with Crippen molar-refractivity contribution in [2.24, 2.45) is 0 Å². The summed E-state index contributed by atoms with van der Waals surface area (Å²) in [6.45, 7) is 6.42. The van der Waals surface area contributed by atoms with Crippen molar-refractivity contribution in [1.82, 2.24) is 9.88 Å². The number of nitrogens with zero attached hydrogens (tertiary/aromatic N) is 3. The van der Waals surface area contributed by atoms with E-state index in [0.717, 1.165) is 26.7 Å². The number of benzene rings is 3. The second-order valence-corrected chi connectivity index (χ2v) is 10.9. The molecule has 0 unspecified atom stereocenters. The molecule has 0 saturated heterocycles. The Labute approximate surface area is 247 Å². The number of aromatic nitrogens is 1. The third kappa shape index (κ3) is 5.80. The van der Waals surface area contributed by atoms with Gasteiger partial charge >= 0.3 is 0 Å². The fourth-order valence-corrected chi connectivity index (χ4v) is 5.49. The Bertz CT molecular complexity index is 1510. The Morgan fingerprint density at radius 2 is 1.68 bits per heavy atom. The lowest BCUT2D eigenvalue weighted by molar-refractivity contribution is 0.0979. The number of halogens is 1. The van der Waals surface area contributed by atoms with E-state index in [2.05, 4.69) is 70.6 Å². The van der Waals surface area contributed by atoms with Gasteiger partial charge in [-0.1, -0.05) is 30.3 Å². The molecule has 0 spiro atoms. The molecule has 0 saturated carbocycles. The first kappa shape index (κ1) is 28.0. The Morgan fingerprint density at radius 3 is 2.38 bits per heavy atom. The largest absolute Gasteiger partial charge is 0.493 e. The number of methoxy groups -OCH3 is 2. The molecular formula is C31H32IN3O5. The van der Waals surface area contributed by atoms with E-state index in [4.69, 9.17) is 18.9 Å². The van der Waals surface area contributed by atoms with Gasteiger partial charge in [0, 0.05) is 46.9 Å². The van der Waals surface area contributed by atoms with Crippen molar-refractivity contribution in [3.05, 3.63) is 81.6 Å². The summed E-state index contributed by atoms with van der Waals surface area (Å²) in [4.78, 5) is 23.1. The lowest BCUT2D eigenvalue weighted by atomic mass is 10.1. The Morgan fingerprint density at radius 1 is 0.975 bits per heavy atom. The lowest BCUT2D eigenvalue weighted by Crippen LogP contribution is -2.41. The van der Waals surface area contributed by atoms with Crippen LogP contribution in [0.15, 0.2) is 66.9 Å². The molecule has 1 aromatic heterocycles. The van der Waals surface area contributed by atoms with Crippen LogP contribution in [-0.4, -0.2) is 55.9 Å². The van der Waals surface area contributed by atoms with Crippen LogP contribution < -0.4 is 23.8 Å². The average Bonchev–Trinajstić information content (AvgIpc) is 3.43. The van der Waals surface area contributed by atoms with E-state index in [-0.39, 0.29) is 18.7 Å². The van der Waals surface area contributed by atoms with Crippen molar-refractivity contribution in [1.29, 1.82) is 0 Å². The minimum absolute atomic E-state index is 0.140. The summed E-state index contributed by atoms with van der Waals surface area (Å²) in [5, 5.41) is 0.815. The van der Waals surface area contributed by atoms with Crippen LogP contribution in [0.3, 0.4) is 0 Å². The van der Waals surface area contributed by atoms with Gasteiger partial charge in [-0.2, -0.15) is 0 Å². The highest BCUT2D eigenvalue weighted by Gasteiger charge is 2.26. The molecule has 9 heteroatoms. The maximum Gasteiger partial charge on any atom is 0.259 e. The molecule has 0 bridgehead atoms. The van der Waals surface area contributed by atoms with Gasteiger partial charge in [0.15, 0.2) is 23.0 Å². The standard InChI is InChI=1S/C31H32IN3O5/c1-20(2)34(18-21-8-6-5-7-9-21)12-13-35(31(36)22-14-27(37-3)28(38-4)16-24(22)32)26-10-11-33-25-17-30-29(15-23(25)26)39-19-40-30/h5-11,14-17,20H,12-13,18-19H2,1-4H3. The number of carbonyl (C=O) groups is 1. The molecule has 0 N–H and O–H groups in total. The molecule has 8 nitrogen and oxygen atoms in total. The number of hydrogen-bond acceptors (Lipinski definition) is 7. The van der Waals surface area contributed by atoms with E-state index in [1.165, 1.54) is 5.56 Å². The molecule has 2 heterocycles. The molecule has 40 heavy (non-hydrogen) atoms. The predicted octanol–water partition coefficient (Wildman–Crippen LogP) is 6.14. The van der Waals surface area contributed by atoms with Crippen LogP contribution in [0.25, 0.3) is 10.9 Å². The average molecular weight is 654 g/mol. The van der Waals surface area contributed by atoms with Crippen LogP contribution in [0, 0.1) is 3.57 Å². The van der Waals surface area contributed by atoms with E-state index >= 15 is 0 Å². The Hall–Kier alpha value is -3.57. The van der Waals surface area contributed by atoms with Gasteiger partial charge in [0.2, 0.25) is 6.79 Å². The molecule has 1 amide bonds. The highest BCUT2D eigenvalue weighted by Crippen LogP contribution is 2.39. The summed E-state index contributed by atoms with van der Waals surface area (Å²) in [6.07, 6.45) is 1.73. The number of rotatable bonds is 10. The zero-order valence-electron chi connectivity index (χ0n) is 23.0. The van der Waals surface area contributed by atoms with E-state index in [9.17, 15) is 4.79 Å². The summed E-state index contributed by atoms with van der Waals surface area (Å²) in [6, 6.07) is 19.9. The van der Waals surface area contributed by atoms with Crippen molar-refractivity contribution in [2.75, 3.05) is 39.0 Å². The molecule has 0 atom stereocenters. The van der Waals surface area contributed by atoms with Gasteiger partial charge in [0.05, 0.1) is 31.0 Å². The number of pyridine rings is 1. The molecule has 0 fully saturated rings. The van der Waals surface area contributed by atoms with E-state index in [0.29, 0.717) is 41.7 Å². The van der Waals surface area contributed by atoms with Crippen LogP contribution in [0.2, 0.25) is 0 Å². The molecule has 1 aliphatic rings. The SMILES string of the molecule is COc1cc(I)c(C(=O)N(CCN(Cc2ccccc2)C(C)C)c2ccnc3cc4c(cc23)OCO4)cc1OC. The quantitative estimate of drug-likeness (QED) is 0.191. The van der Waals surface area contributed by atoms with Crippen molar-refractivity contribution in [3.8, 4) is 23.0 Å². The lowest BCUT2D eigenvalue weighted by Gasteiger charge is -2.31. The fraction of sp³-hybridized carbons (Fsp3) is 0.290. The van der Waals surface area contributed by atoms with Crippen LogP contribution >= 0.6 is 22.6 Å². The van der Waals surface area contributed by atoms with Crippen molar-refractivity contribution < 1.29 is 23.7 Å². The minimum atomic E-state index is -0.140. The molecular weight excluding hydrogens is 621 g/mol. The van der Waals surface area contributed by atoms with Gasteiger partial charge in [-0.05, 0) is 66.3 Å². The molecule has 208 valence electrons. The first-order valence-electron chi connectivity index (χ1n) is 13.1. The van der Waals surface area contributed by atoms with Crippen LogP contribution in [0.5, 0.6) is 23.0 Å². The summed E-state index contributed by atoms with van der Waals surface area (Å²) < 4.78 is 23.0. The molecule has 1 aliphatic heterocycles. The number of amides is 1. The van der Waals surface area contributed by atoms with Crippen molar-refractivity contribution >= 4 is 45.1 Å². The van der Waals surface area contributed by atoms with Gasteiger partial charge in [-0.25, -0.2) is 0 Å². The normalized spacial score (nSPS) is 12.3. The van der Waals surface area contributed by atoms with Gasteiger partial charge in [-0.3, -0.25) is 14.7 Å². The fourth-order valence-electron chi connectivity index (χ4n) is 4.82. The number of hydrogen-bond donors (Lipinski definition) is 0. The number of anilines is 1. The first-order valence-corrected chi connectivity index (χ1v) is 14.2. The number of ether oxygens (including phenoxy) is 4. The minimum Gasteiger partial charge on any atom is -0.493 e. The second-order valence-electron chi connectivity index (χ2n) is 9.75. The van der Waals surface area contributed by atoms with Crippen LogP contribution in [-0.2, 0) is 6.54 Å². The Kier molecular flexibility index (Phi) is 8.60. The molecule has 0 aliphatic carbocycles. The molecule has 4 aromatic rings. The Balaban J connectivity index is 1.56. The van der Waals surface area contributed by atoms with E-state index < -0.39 is 0 Å². The summed E-state index contributed by atoms with van der Waals surface area (Å²) in [5.74, 6) is 2.23. The second kappa shape index (κ2) is 12.3. The highest BCUT2D eigenvalue weighted by atomic mass is 127. The highest BCUT2D eigenvalue weighted by molar-refractivity contribution is 14.1. The zero-order valence-corrected chi connectivity index (χ0v) is 25.2. The molecule has 0 radical (unpaired) electrons. The summed E-state index contributed by atoms with van der Waals surface area (Å²) in [7, 11) is 3.15. The monoisotopic (exact) mass is 653 g/mol. The maximum atomic E-state index is 14.4. The number of fused-ring (bicyclic) bond motifs is 2. The number of carbonyl (C=O) groups excluding carboxylic acids is 1. The first-order chi connectivity index (χ1) is 19.4. The third-order valence-corrected chi connectivity index (χ3v) is 7.91. The van der Waals surface area contributed by atoms with E-state index in [1.54, 1.807) is 26.5 Å². The van der Waals surface area contributed by atoms with Gasteiger partial charge in [0.25, 0.3) is 5.91 Å². The van der Waals surface area contributed by atoms with Crippen LogP contribution in [0.4, 0.5) is 5.69 Å². The van der Waals surface area contributed by atoms with E-state index in [1.807, 2.05) is 35.2 Å². The zero-order chi connectivity index (χ0) is 28.2. The van der Waals surface area contributed by atoms with Crippen molar-refractivity contribution in [2.45, 2.75) is 26.4 Å². The molecule has 5 rings (SSSR count). The van der Waals surface area contributed by atoms with Gasteiger partial charge in [-0.15, -0.1) is 0 Å². The third-order valence-electron chi connectivity index (χ3n) is 7.02.